The van der Waals surface area contributed by atoms with Crippen molar-refractivity contribution >= 4 is 10.0 Å². The molecule has 8 heteroatoms. The lowest BCUT2D eigenvalue weighted by Crippen LogP contribution is -2.30. The van der Waals surface area contributed by atoms with E-state index in [1.807, 2.05) is 0 Å². The molecule has 0 amide bonds. The maximum Gasteiger partial charge on any atom is 0.241 e. The first-order chi connectivity index (χ1) is 9.42. The lowest BCUT2D eigenvalue weighted by molar-refractivity contribution is 0.242. The van der Waals surface area contributed by atoms with Crippen LogP contribution in [0.3, 0.4) is 0 Å². The second-order valence-electron chi connectivity index (χ2n) is 3.98. The smallest absolute Gasteiger partial charge is 0.241 e. The summed E-state index contributed by atoms with van der Waals surface area (Å²) in [6.45, 7) is -0.565. The molecule has 1 heterocycles. The van der Waals surface area contributed by atoms with Crippen LogP contribution in [-0.4, -0.2) is 20.1 Å². The lowest BCUT2D eigenvalue weighted by Gasteiger charge is -2.14. The molecule has 2 rings (SSSR count). The molecule has 1 aromatic carbocycles. The van der Waals surface area contributed by atoms with E-state index in [1.165, 1.54) is 18.4 Å². The highest BCUT2D eigenvalue weighted by molar-refractivity contribution is 7.89. The molecule has 1 unspecified atom stereocenters. The summed E-state index contributed by atoms with van der Waals surface area (Å²) >= 11 is 0. The van der Waals surface area contributed by atoms with Gasteiger partial charge in [-0.25, -0.2) is 17.2 Å². The van der Waals surface area contributed by atoms with E-state index >= 15 is 0 Å². The Hall–Kier alpha value is -1.77. The molecule has 0 aliphatic carbocycles. The summed E-state index contributed by atoms with van der Waals surface area (Å²) in [7, 11) is -4.19. The molecule has 0 fully saturated rings. The highest BCUT2D eigenvalue weighted by atomic mass is 32.2. The fourth-order valence-corrected chi connectivity index (χ4v) is 2.85. The minimum atomic E-state index is -4.19. The number of furan rings is 1. The minimum Gasteiger partial charge on any atom is -0.468 e. The Morgan fingerprint density at radius 3 is 2.40 bits per heavy atom. The molecule has 2 N–H and O–H groups in total. The quantitative estimate of drug-likeness (QED) is 0.878. The Labute approximate surface area is 113 Å². The predicted molar refractivity (Wildman–Crippen MR) is 65.2 cm³/mol. The van der Waals surface area contributed by atoms with Crippen LogP contribution in [0.4, 0.5) is 8.78 Å². The standard InChI is InChI=1S/C12H11F2NO4S/c13-8-4-9(14)6-10(5-8)20(17,18)15-11(7-16)12-2-1-3-19-12/h1-6,11,15-16H,7H2. The number of hydrogen-bond acceptors (Lipinski definition) is 4. The Kier molecular flexibility index (Phi) is 4.17. The van der Waals surface area contributed by atoms with Crippen molar-refractivity contribution in [1.82, 2.24) is 4.72 Å². The number of hydrogen-bond donors (Lipinski definition) is 2. The van der Waals surface area contributed by atoms with E-state index in [0.29, 0.717) is 18.2 Å². The van der Waals surface area contributed by atoms with Crippen LogP contribution in [0.25, 0.3) is 0 Å². The third-order valence-electron chi connectivity index (χ3n) is 2.51. The summed E-state index contributed by atoms with van der Waals surface area (Å²) in [6, 6.07) is 3.88. The van der Waals surface area contributed by atoms with Gasteiger partial charge in [0.1, 0.15) is 23.4 Å². The molecule has 0 aliphatic rings. The van der Waals surface area contributed by atoms with Crippen LogP contribution in [-0.2, 0) is 10.0 Å². The van der Waals surface area contributed by atoms with Crippen LogP contribution in [0.15, 0.2) is 45.9 Å². The van der Waals surface area contributed by atoms with E-state index < -0.39 is 39.2 Å². The van der Waals surface area contributed by atoms with Gasteiger partial charge in [-0.05, 0) is 24.3 Å². The second-order valence-corrected chi connectivity index (χ2v) is 5.69. The Morgan fingerprint density at radius 2 is 1.90 bits per heavy atom. The number of sulfonamides is 1. The summed E-state index contributed by atoms with van der Waals surface area (Å²) in [5.41, 5.74) is 0. The van der Waals surface area contributed by atoms with Crippen LogP contribution >= 0.6 is 0 Å². The van der Waals surface area contributed by atoms with Crippen LogP contribution in [0.5, 0.6) is 0 Å². The molecule has 0 bridgehead atoms. The van der Waals surface area contributed by atoms with E-state index in [9.17, 15) is 22.3 Å². The summed E-state index contributed by atoms with van der Waals surface area (Å²) in [4.78, 5) is -0.569. The molecule has 0 radical (unpaired) electrons. The Morgan fingerprint density at radius 1 is 1.25 bits per heavy atom. The molecular weight excluding hydrogens is 292 g/mol. The molecular formula is C12H11F2NO4S. The van der Waals surface area contributed by atoms with Crippen LogP contribution in [0, 0.1) is 11.6 Å². The molecule has 0 aliphatic heterocycles. The van der Waals surface area contributed by atoms with Gasteiger partial charge in [0.15, 0.2) is 0 Å². The number of benzene rings is 1. The molecule has 0 spiro atoms. The van der Waals surface area contributed by atoms with Crippen molar-refractivity contribution in [3.63, 3.8) is 0 Å². The largest absolute Gasteiger partial charge is 0.468 e. The van der Waals surface area contributed by atoms with Crippen molar-refractivity contribution in [2.45, 2.75) is 10.9 Å². The van der Waals surface area contributed by atoms with Gasteiger partial charge in [-0.3, -0.25) is 0 Å². The average molecular weight is 303 g/mol. The van der Waals surface area contributed by atoms with Crippen molar-refractivity contribution < 1.29 is 26.7 Å². The highest BCUT2D eigenvalue weighted by Crippen LogP contribution is 2.19. The van der Waals surface area contributed by atoms with Crippen molar-refractivity contribution in [2.24, 2.45) is 0 Å². The minimum absolute atomic E-state index is 0.188. The fourth-order valence-electron chi connectivity index (χ4n) is 1.61. The van der Waals surface area contributed by atoms with Crippen molar-refractivity contribution in [3.05, 3.63) is 54.0 Å². The number of aliphatic hydroxyl groups excluding tert-OH is 1. The molecule has 2 aromatic rings. The average Bonchev–Trinajstić information content (AvgIpc) is 2.88. The van der Waals surface area contributed by atoms with Crippen LogP contribution < -0.4 is 4.72 Å². The predicted octanol–water partition coefficient (Wildman–Crippen LogP) is 1.57. The van der Waals surface area contributed by atoms with Gasteiger partial charge in [0.2, 0.25) is 10.0 Å². The molecule has 5 nitrogen and oxygen atoms in total. The van der Waals surface area contributed by atoms with Gasteiger partial charge in [-0.1, -0.05) is 0 Å². The molecule has 1 atom stereocenters. The first-order valence-electron chi connectivity index (χ1n) is 5.55. The number of rotatable bonds is 5. The van der Waals surface area contributed by atoms with Crippen molar-refractivity contribution in [3.8, 4) is 0 Å². The second kappa shape index (κ2) is 5.70. The summed E-state index contributed by atoms with van der Waals surface area (Å²) in [5, 5.41) is 9.18. The highest BCUT2D eigenvalue weighted by Gasteiger charge is 2.23. The summed E-state index contributed by atoms with van der Waals surface area (Å²) in [6.07, 6.45) is 1.31. The zero-order chi connectivity index (χ0) is 14.8. The topological polar surface area (TPSA) is 79.5 Å². The normalized spacial score (nSPS) is 13.3. The van der Waals surface area contributed by atoms with Crippen LogP contribution in [0.1, 0.15) is 11.8 Å². The van der Waals surface area contributed by atoms with E-state index in [1.54, 1.807) is 0 Å². The summed E-state index contributed by atoms with van der Waals surface area (Å²) in [5.74, 6) is -1.83. The van der Waals surface area contributed by atoms with E-state index in [0.717, 1.165) is 0 Å². The number of aliphatic hydroxyl groups is 1. The van der Waals surface area contributed by atoms with E-state index in [4.69, 9.17) is 4.42 Å². The van der Waals surface area contributed by atoms with Gasteiger partial charge >= 0.3 is 0 Å². The molecule has 108 valence electrons. The molecule has 20 heavy (non-hydrogen) atoms. The van der Waals surface area contributed by atoms with Crippen LogP contribution in [0.2, 0.25) is 0 Å². The maximum absolute atomic E-state index is 13.1. The van der Waals surface area contributed by atoms with Gasteiger partial charge in [-0.2, -0.15) is 4.72 Å². The Bertz CT molecular complexity index is 665. The van der Waals surface area contributed by atoms with Gasteiger partial charge < -0.3 is 9.52 Å². The number of nitrogens with one attached hydrogen (secondary N) is 1. The number of halogens is 2. The van der Waals surface area contributed by atoms with Crippen molar-refractivity contribution in [2.75, 3.05) is 6.61 Å². The first-order valence-corrected chi connectivity index (χ1v) is 7.03. The SMILES string of the molecule is O=S(=O)(NC(CO)c1ccco1)c1cc(F)cc(F)c1. The zero-order valence-corrected chi connectivity index (χ0v) is 10.9. The molecule has 1 aromatic heterocycles. The van der Waals surface area contributed by atoms with Gasteiger partial charge in [-0.15, -0.1) is 0 Å². The van der Waals surface area contributed by atoms with E-state index in [2.05, 4.69) is 4.72 Å². The maximum atomic E-state index is 13.1. The van der Waals surface area contributed by atoms with E-state index in [-0.39, 0.29) is 5.76 Å². The first kappa shape index (κ1) is 14.6. The van der Waals surface area contributed by atoms with Gasteiger partial charge in [0.05, 0.1) is 17.8 Å². The molecule has 0 saturated heterocycles. The lowest BCUT2D eigenvalue weighted by atomic mass is 10.2. The third kappa shape index (κ3) is 3.21. The van der Waals surface area contributed by atoms with Gasteiger partial charge in [0, 0.05) is 6.07 Å². The fraction of sp³-hybridized carbons (Fsp3) is 0.167. The summed E-state index contributed by atoms with van der Waals surface area (Å²) < 4.78 is 57.2. The van der Waals surface area contributed by atoms with Gasteiger partial charge in [0.25, 0.3) is 0 Å². The third-order valence-corrected chi connectivity index (χ3v) is 3.96. The van der Waals surface area contributed by atoms with Crippen molar-refractivity contribution in [1.29, 1.82) is 0 Å². The Balaban J connectivity index is 2.30. The monoisotopic (exact) mass is 303 g/mol. The molecule has 0 saturated carbocycles. The zero-order valence-electron chi connectivity index (χ0n) is 10.1.